The molecule has 4 heteroatoms. The summed E-state index contributed by atoms with van der Waals surface area (Å²) in [7, 11) is 0. The molecule has 0 radical (unpaired) electrons. The lowest BCUT2D eigenvalue weighted by molar-refractivity contribution is 0.0562. The number of halogens is 1. The molecule has 1 aliphatic rings. The minimum atomic E-state index is -0.309. The molecule has 1 saturated heterocycles. The number of nitrogens with zero attached hydrogens (tertiary/aromatic N) is 1. The second kappa shape index (κ2) is 5.48. The van der Waals surface area contributed by atoms with Crippen molar-refractivity contribution in [2.24, 2.45) is 0 Å². The fraction of sp³-hybridized carbons (Fsp3) is 0.500. The van der Waals surface area contributed by atoms with Gasteiger partial charge in [-0.3, -0.25) is 4.79 Å². The van der Waals surface area contributed by atoms with E-state index in [4.69, 9.17) is 4.74 Å². The van der Waals surface area contributed by atoms with E-state index < -0.39 is 0 Å². The minimum absolute atomic E-state index is 0.0372. The fourth-order valence-corrected chi connectivity index (χ4v) is 2.22. The van der Waals surface area contributed by atoms with Gasteiger partial charge in [0.05, 0.1) is 6.10 Å². The molecule has 1 aromatic rings. The van der Waals surface area contributed by atoms with Crippen LogP contribution in [-0.2, 0) is 4.74 Å². The van der Waals surface area contributed by atoms with Crippen LogP contribution in [0.4, 0.5) is 4.39 Å². The van der Waals surface area contributed by atoms with Gasteiger partial charge in [-0.05, 0) is 44.0 Å². The summed E-state index contributed by atoms with van der Waals surface area (Å²) in [6, 6.07) is 4.28. The standard InChI is InChI=1S/C14H18FNO2/c1-10-8-12(15)4-5-13(10)14(17)16-6-3-7-18-11(2)9-16/h4-5,8,11H,3,6-7,9H2,1-2H3. The van der Waals surface area contributed by atoms with E-state index in [-0.39, 0.29) is 17.8 Å². The number of benzene rings is 1. The average molecular weight is 251 g/mol. The summed E-state index contributed by atoms with van der Waals surface area (Å²) < 4.78 is 18.5. The van der Waals surface area contributed by atoms with Gasteiger partial charge >= 0.3 is 0 Å². The lowest BCUT2D eigenvalue weighted by atomic mass is 10.1. The van der Waals surface area contributed by atoms with Gasteiger partial charge in [-0.1, -0.05) is 0 Å². The molecule has 98 valence electrons. The summed E-state index contributed by atoms with van der Waals surface area (Å²) in [5.74, 6) is -0.346. The van der Waals surface area contributed by atoms with Gasteiger partial charge in [-0.25, -0.2) is 4.39 Å². The summed E-state index contributed by atoms with van der Waals surface area (Å²) in [5, 5.41) is 0. The molecule has 0 aliphatic carbocycles. The van der Waals surface area contributed by atoms with Gasteiger partial charge in [0.2, 0.25) is 0 Å². The lowest BCUT2D eigenvalue weighted by Gasteiger charge is -2.23. The van der Waals surface area contributed by atoms with Crippen LogP contribution in [-0.4, -0.2) is 36.6 Å². The highest BCUT2D eigenvalue weighted by Crippen LogP contribution is 2.15. The normalized spacial score (nSPS) is 20.6. The number of carbonyl (C=O) groups excluding carboxylic acids is 1. The first-order chi connectivity index (χ1) is 8.58. The SMILES string of the molecule is Cc1cc(F)ccc1C(=O)N1CCCOC(C)C1. The highest BCUT2D eigenvalue weighted by Gasteiger charge is 2.22. The Morgan fingerprint density at radius 1 is 1.50 bits per heavy atom. The predicted molar refractivity (Wildman–Crippen MR) is 67.1 cm³/mol. The van der Waals surface area contributed by atoms with Gasteiger partial charge < -0.3 is 9.64 Å². The predicted octanol–water partition coefficient (Wildman–Crippen LogP) is 2.39. The number of aryl methyl sites for hydroxylation is 1. The topological polar surface area (TPSA) is 29.5 Å². The second-order valence-electron chi connectivity index (χ2n) is 4.75. The van der Waals surface area contributed by atoms with E-state index >= 15 is 0 Å². The number of hydrogen-bond acceptors (Lipinski definition) is 2. The molecule has 0 aromatic heterocycles. The third-order valence-corrected chi connectivity index (χ3v) is 3.16. The summed E-state index contributed by atoms with van der Waals surface area (Å²) in [5.41, 5.74) is 1.25. The Bertz CT molecular complexity index is 447. The molecular weight excluding hydrogens is 233 g/mol. The third-order valence-electron chi connectivity index (χ3n) is 3.16. The zero-order valence-corrected chi connectivity index (χ0v) is 10.8. The first kappa shape index (κ1) is 13.0. The molecule has 2 rings (SSSR count). The van der Waals surface area contributed by atoms with Crippen molar-refractivity contribution >= 4 is 5.91 Å². The molecule has 1 atom stereocenters. The second-order valence-corrected chi connectivity index (χ2v) is 4.75. The molecule has 0 spiro atoms. The molecular formula is C14H18FNO2. The Labute approximate surface area is 107 Å². The maximum Gasteiger partial charge on any atom is 0.254 e. The van der Waals surface area contributed by atoms with Crippen molar-refractivity contribution in [1.82, 2.24) is 4.90 Å². The van der Waals surface area contributed by atoms with E-state index in [1.807, 2.05) is 6.92 Å². The van der Waals surface area contributed by atoms with Crippen molar-refractivity contribution in [3.8, 4) is 0 Å². The van der Waals surface area contributed by atoms with Gasteiger partial charge in [-0.15, -0.1) is 0 Å². The summed E-state index contributed by atoms with van der Waals surface area (Å²) in [6.07, 6.45) is 0.897. The van der Waals surface area contributed by atoms with E-state index in [2.05, 4.69) is 0 Å². The quantitative estimate of drug-likeness (QED) is 0.767. The number of carbonyl (C=O) groups is 1. The first-order valence-electron chi connectivity index (χ1n) is 6.25. The van der Waals surface area contributed by atoms with Gasteiger partial charge in [-0.2, -0.15) is 0 Å². The molecule has 1 aromatic carbocycles. The van der Waals surface area contributed by atoms with Crippen molar-refractivity contribution in [3.63, 3.8) is 0 Å². The van der Waals surface area contributed by atoms with Crippen LogP contribution < -0.4 is 0 Å². The zero-order valence-electron chi connectivity index (χ0n) is 10.8. The van der Waals surface area contributed by atoms with Gasteiger partial charge in [0.15, 0.2) is 0 Å². The van der Waals surface area contributed by atoms with E-state index in [0.717, 1.165) is 6.42 Å². The molecule has 0 saturated carbocycles. The molecule has 1 aliphatic heterocycles. The number of rotatable bonds is 1. The molecule has 0 bridgehead atoms. The van der Waals surface area contributed by atoms with Crippen LogP contribution >= 0.6 is 0 Å². The van der Waals surface area contributed by atoms with Crippen LogP contribution in [0.1, 0.15) is 29.3 Å². The van der Waals surface area contributed by atoms with Gasteiger partial charge in [0.25, 0.3) is 5.91 Å². The third kappa shape index (κ3) is 2.88. The fourth-order valence-electron chi connectivity index (χ4n) is 2.22. The number of hydrogen-bond donors (Lipinski definition) is 0. The van der Waals surface area contributed by atoms with E-state index in [1.165, 1.54) is 12.1 Å². The Balaban J connectivity index is 2.19. The lowest BCUT2D eigenvalue weighted by Crippen LogP contribution is -2.36. The van der Waals surface area contributed by atoms with Crippen molar-refractivity contribution < 1.29 is 13.9 Å². The monoisotopic (exact) mass is 251 g/mol. The van der Waals surface area contributed by atoms with E-state index in [9.17, 15) is 9.18 Å². The summed E-state index contributed by atoms with van der Waals surface area (Å²) in [6.45, 7) is 5.69. The Morgan fingerprint density at radius 3 is 3.00 bits per heavy atom. The zero-order chi connectivity index (χ0) is 13.1. The molecule has 3 nitrogen and oxygen atoms in total. The maximum absolute atomic E-state index is 13.0. The molecule has 18 heavy (non-hydrogen) atoms. The van der Waals surface area contributed by atoms with E-state index in [1.54, 1.807) is 17.9 Å². The molecule has 1 heterocycles. The summed E-state index contributed by atoms with van der Waals surface area (Å²) >= 11 is 0. The highest BCUT2D eigenvalue weighted by molar-refractivity contribution is 5.95. The molecule has 1 fully saturated rings. The number of ether oxygens (including phenoxy) is 1. The Hall–Kier alpha value is -1.42. The van der Waals surface area contributed by atoms with E-state index in [0.29, 0.717) is 30.8 Å². The Morgan fingerprint density at radius 2 is 2.28 bits per heavy atom. The largest absolute Gasteiger partial charge is 0.377 e. The van der Waals surface area contributed by atoms with Gasteiger partial charge in [0.1, 0.15) is 5.82 Å². The van der Waals surface area contributed by atoms with Gasteiger partial charge in [0, 0.05) is 25.3 Å². The molecule has 0 N–H and O–H groups in total. The van der Waals surface area contributed by atoms with Crippen molar-refractivity contribution in [1.29, 1.82) is 0 Å². The van der Waals surface area contributed by atoms with Crippen molar-refractivity contribution in [2.75, 3.05) is 19.7 Å². The van der Waals surface area contributed by atoms with Crippen LogP contribution in [0, 0.1) is 12.7 Å². The minimum Gasteiger partial charge on any atom is -0.377 e. The maximum atomic E-state index is 13.0. The van der Waals surface area contributed by atoms with Crippen LogP contribution in [0.3, 0.4) is 0 Å². The Kier molecular flexibility index (Phi) is 3.97. The highest BCUT2D eigenvalue weighted by atomic mass is 19.1. The van der Waals surface area contributed by atoms with Crippen LogP contribution in [0.5, 0.6) is 0 Å². The van der Waals surface area contributed by atoms with Crippen LogP contribution in [0.2, 0.25) is 0 Å². The molecule has 1 amide bonds. The van der Waals surface area contributed by atoms with Crippen molar-refractivity contribution in [3.05, 3.63) is 35.1 Å². The summed E-state index contributed by atoms with van der Waals surface area (Å²) in [4.78, 5) is 14.2. The average Bonchev–Trinajstić information content (AvgIpc) is 2.53. The molecule has 1 unspecified atom stereocenters. The first-order valence-corrected chi connectivity index (χ1v) is 6.25. The number of amides is 1. The van der Waals surface area contributed by atoms with Crippen molar-refractivity contribution in [2.45, 2.75) is 26.4 Å². The van der Waals surface area contributed by atoms with Crippen LogP contribution in [0.15, 0.2) is 18.2 Å². The smallest absolute Gasteiger partial charge is 0.254 e. The van der Waals surface area contributed by atoms with Crippen LogP contribution in [0.25, 0.3) is 0 Å².